The van der Waals surface area contributed by atoms with Gasteiger partial charge in [-0.15, -0.1) is 0 Å². The van der Waals surface area contributed by atoms with Gasteiger partial charge in [0, 0.05) is 17.2 Å². The molecule has 0 aliphatic heterocycles. The highest BCUT2D eigenvalue weighted by Crippen LogP contribution is 2.38. The van der Waals surface area contributed by atoms with Crippen molar-refractivity contribution in [2.45, 2.75) is 66.8 Å². The molecule has 1 aliphatic rings. The summed E-state index contributed by atoms with van der Waals surface area (Å²) in [5.74, 6) is 0.0825. The van der Waals surface area contributed by atoms with Crippen molar-refractivity contribution in [3.05, 3.63) is 70.9 Å². The molecule has 1 saturated carbocycles. The van der Waals surface area contributed by atoms with Gasteiger partial charge in [-0.25, -0.2) is 9.48 Å². The van der Waals surface area contributed by atoms with Crippen molar-refractivity contribution in [3.63, 3.8) is 0 Å². The molecule has 1 heterocycles. The molecule has 190 valence electrons. The van der Waals surface area contributed by atoms with Crippen molar-refractivity contribution in [2.75, 3.05) is 6.61 Å². The van der Waals surface area contributed by atoms with Gasteiger partial charge in [0.2, 0.25) is 0 Å². The van der Waals surface area contributed by atoms with Crippen LogP contribution in [-0.2, 0) is 4.74 Å². The molecule has 6 nitrogen and oxygen atoms in total. The summed E-state index contributed by atoms with van der Waals surface area (Å²) in [7, 11) is 0. The molecule has 0 unspecified atom stereocenters. The molecule has 1 aliphatic carbocycles. The lowest BCUT2D eigenvalue weighted by atomic mass is 9.70. The predicted octanol–water partition coefficient (Wildman–Crippen LogP) is 6.28. The van der Waals surface area contributed by atoms with Crippen molar-refractivity contribution in [1.29, 1.82) is 0 Å². The number of esters is 1. The molecular weight excluding hydrogens is 450 g/mol. The quantitative estimate of drug-likeness (QED) is 0.416. The monoisotopic (exact) mass is 487 g/mol. The van der Waals surface area contributed by atoms with E-state index in [2.05, 4.69) is 57.2 Å². The summed E-state index contributed by atoms with van der Waals surface area (Å²) in [6, 6.07) is 15.5. The zero-order valence-electron chi connectivity index (χ0n) is 22.2. The smallest absolute Gasteiger partial charge is 0.358 e. The lowest BCUT2D eigenvalue weighted by Crippen LogP contribution is -2.42. The van der Waals surface area contributed by atoms with Gasteiger partial charge < -0.3 is 10.1 Å². The third-order valence-corrected chi connectivity index (χ3v) is 7.09. The minimum atomic E-state index is -0.457. The van der Waals surface area contributed by atoms with Crippen LogP contribution in [0.15, 0.2) is 48.5 Å². The van der Waals surface area contributed by atoms with Gasteiger partial charge in [0.15, 0.2) is 5.69 Å². The number of benzene rings is 2. The molecule has 1 aromatic heterocycles. The van der Waals surface area contributed by atoms with Gasteiger partial charge in [0.05, 0.1) is 18.0 Å². The van der Waals surface area contributed by atoms with E-state index in [4.69, 9.17) is 4.74 Å². The van der Waals surface area contributed by atoms with Crippen molar-refractivity contribution in [1.82, 2.24) is 15.1 Å². The van der Waals surface area contributed by atoms with E-state index in [0.29, 0.717) is 11.5 Å². The molecule has 36 heavy (non-hydrogen) atoms. The minimum absolute atomic E-state index is 0.0569. The van der Waals surface area contributed by atoms with E-state index in [1.54, 1.807) is 17.7 Å². The highest BCUT2D eigenvalue weighted by molar-refractivity contribution is 5.94. The summed E-state index contributed by atoms with van der Waals surface area (Å²) in [6.45, 7) is 13.0. The van der Waals surface area contributed by atoms with Gasteiger partial charge in [-0.05, 0) is 98.9 Å². The molecule has 0 saturated heterocycles. The first-order valence-corrected chi connectivity index (χ1v) is 12.8. The van der Waals surface area contributed by atoms with Crippen molar-refractivity contribution in [2.24, 2.45) is 11.3 Å². The molecule has 1 amide bonds. The summed E-state index contributed by atoms with van der Waals surface area (Å²) in [5, 5.41) is 7.80. The zero-order valence-corrected chi connectivity index (χ0v) is 22.2. The van der Waals surface area contributed by atoms with Gasteiger partial charge in [-0.1, -0.05) is 32.9 Å². The van der Waals surface area contributed by atoms with E-state index in [1.165, 1.54) is 12.0 Å². The highest BCUT2D eigenvalue weighted by atomic mass is 16.5. The van der Waals surface area contributed by atoms with Crippen LogP contribution < -0.4 is 5.32 Å². The largest absolute Gasteiger partial charge is 0.461 e. The molecule has 3 aromatic rings. The normalized spacial score (nSPS) is 19.1. The fraction of sp³-hybridized carbons (Fsp3) is 0.433. The first-order valence-electron chi connectivity index (χ1n) is 12.8. The van der Waals surface area contributed by atoms with Crippen LogP contribution in [0, 0.1) is 25.2 Å². The van der Waals surface area contributed by atoms with E-state index in [1.807, 2.05) is 30.3 Å². The number of aryl methyl sites for hydroxylation is 2. The number of hydrogen-bond donors (Lipinski definition) is 1. The minimum Gasteiger partial charge on any atom is -0.461 e. The maximum Gasteiger partial charge on any atom is 0.358 e. The Hall–Kier alpha value is -3.41. The lowest BCUT2D eigenvalue weighted by Gasteiger charge is -2.39. The number of carbonyl (C=O) groups is 2. The van der Waals surface area contributed by atoms with Crippen molar-refractivity contribution < 1.29 is 14.3 Å². The maximum absolute atomic E-state index is 13.0. The van der Waals surface area contributed by atoms with Gasteiger partial charge in [0.1, 0.15) is 0 Å². The molecule has 0 bridgehead atoms. The second-order valence-corrected chi connectivity index (χ2v) is 11.0. The number of ether oxygens (including phenoxy) is 1. The molecule has 1 fully saturated rings. The fourth-order valence-corrected chi connectivity index (χ4v) is 5.47. The molecule has 1 N–H and O–H groups in total. The van der Waals surface area contributed by atoms with Crippen LogP contribution in [0.5, 0.6) is 0 Å². The number of nitrogens with zero attached hydrogens (tertiary/aromatic N) is 2. The van der Waals surface area contributed by atoms with Gasteiger partial charge in [0.25, 0.3) is 5.91 Å². The second kappa shape index (κ2) is 10.3. The standard InChI is InChI=1S/C30H37N3O3/c1-7-36-29(35)26-16-27(23-9-8-20(3)21(4)15-23)33(32-26)25-12-10-22(11-13-25)28(34)31-24-14-19(2)17-30(5,6)18-24/h8-13,15-16,19,24H,7,14,17-18H2,1-6H3,(H,31,34)/t19-,24-/m1/s1. The number of carbonyl (C=O) groups excluding carboxylic acids is 2. The van der Waals surface area contributed by atoms with E-state index in [9.17, 15) is 9.59 Å². The number of hydrogen-bond acceptors (Lipinski definition) is 4. The summed E-state index contributed by atoms with van der Waals surface area (Å²) >= 11 is 0. The van der Waals surface area contributed by atoms with Crippen LogP contribution in [0.3, 0.4) is 0 Å². The summed E-state index contributed by atoms with van der Waals surface area (Å²) in [5.41, 5.74) is 5.96. The predicted molar refractivity (Wildman–Crippen MR) is 142 cm³/mol. The molecule has 0 spiro atoms. The molecule has 2 atom stereocenters. The number of amides is 1. The van der Waals surface area contributed by atoms with E-state index >= 15 is 0 Å². The number of rotatable bonds is 6. The molecule has 6 heteroatoms. The summed E-state index contributed by atoms with van der Waals surface area (Å²) in [4.78, 5) is 25.5. The second-order valence-electron chi connectivity index (χ2n) is 11.0. The third kappa shape index (κ3) is 5.69. The van der Waals surface area contributed by atoms with Gasteiger partial charge in [-0.3, -0.25) is 4.79 Å². The maximum atomic E-state index is 13.0. The van der Waals surface area contributed by atoms with Gasteiger partial charge >= 0.3 is 5.97 Å². The molecule has 0 radical (unpaired) electrons. The highest BCUT2D eigenvalue weighted by Gasteiger charge is 2.32. The molecular formula is C30H37N3O3. The lowest BCUT2D eigenvalue weighted by molar-refractivity contribution is 0.0518. The van der Waals surface area contributed by atoms with Gasteiger partial charge in [-0.2, -0.15) is 5.10 Å². The van der Waals surface area contributed by atoms with Crippen LogP contribution in [0.4, 0.5) is 0 Å². The molecule has 4 rings (SSSR count). The van der Waals surface area contributed by atoms with Crippen LogP contribution in [-0.4, -0.2) is 34.3 Å². The molecule has 2 aromatic carbocycles. The number of nitrogens with one attached hydrogen (secondary N) is 1. The Kier molecular flexibility index (Phi) is 7.34. The van der Waals surface area contributed by atoms with Crippen LogP contribution >= 0.6 is 0 Å². The van der Waals surface area contributed by atoms with Crippen molar-refractivity contribution in [3.8, 4) is 16.9 Å². The van der Waals surface area contributed by atoms with E-state index < -0.39 is 5.97 Å². The summed E-state index contributed by atoms with van der Waals surface area (Å²) < 4.78 is 6.93. The number of aromatic nitrogens is 2. The van der Waals surface area contributed by atoms with E-state index in [0.717, 1.165) is 35.3 Å². The Morgan fingerprint density at radius 1 is 1.06 bits per heavy atom. The Morgan fingerprint density at radius 2 is 1.78 bits per heavy atom. The Balaban J connectivity index is 1.61. The van der Waals surface area contributed by atoms with Crippen molar-refractivity contribution >= 4 is 11.9 Å². The Morgan fingerprint density at radius 3 is 2.42 bits per heavy atom. The van der Waals surface area contributed by atoms with Crippen LogP contribution in [0.25, 0.3) is 16.9 Å². The first kappa shape index (κ1) is 25.7. The zero-order chi connectivity index (χ0) is 26.0. The Bertz CT molecular complexity index is 1260. The van der Waals surface area contributed by atoms with E-state index in [-0.39, 0.29) is 29.7 Å². The average Bonchev–Trinajstić information content (AvgIpc) is 3.25. The average molecular weight is 488 g/mol. The van der Waals surface area contributed by atoms with Crippen LogP contribution in [0.1, 0.15) is 78.9 Å². The fourth-order valence-electron chi connectivity index (χ4n) is 5.47. The topological polar surface area (TPSA) is 73.2 Å². The van der Waals surface area contributed by atoms with Crippen LogP contribution in [0.2, 0.25) is 0 Å². The third-order valence-electron chi connectivity index (χ3n) is 7.09. The first-order chi connectivity index (χ1) is 17.1. The SMILES string of the molecule is CCOC(=O)c1cc(-c2ccc(C)c(C)c2)n(-c2ccc(C(=O)N[C@@H]3C[C@@H](C)CC(C)(C)C3)cc2)n1. The summed E-state index contributed by atoms with van der Waals surface area (Å²) in [6.07, 6.45) is 3.19. The Labute approximate surface area is 214 Å².